The van der Waals surface area contributed by atoms with Gasteiger partial charge in [-0.1, -0.05) is 18.2 Å². The zero-order valence-corrected chi connectivity index (χ0v) is 11.6. The Morgan fingerprint density at radius 3 is 2.95 bits per heavy atom. The van der Waals surface area contributed by atoms with Crippen molar-refractivity contribution >= 4 is 5.69 Å². The van der Waals surface area contributed by atoms with Gasteiger partial charge in [-0.3, -0.25) is 0 Å². The molecule has 1 heterocycles. The summed E-state index contributed by atoms with van der Waals surface area (Å²) in [6, 6.07) is 8.41. The summed E-state index contributed by atoms with van der Waals surface area (Å²) in [5.74, 6) is 0. The second-order valence-corrected chi connectivity index (χ2v) is 4.69. The summed E-state index contributed by atoms with van der Waals surface area (Å²) in [7, 11) is 1.68. The van der Waals surface area contributed by atoms with Crippen LogP contribution in [-0.4, -0.2) is 46.2 Å². The van der Waals surface area contributed by atoms with Crippen LogP contribution in [0.25, 0.3) is 0 Å². The van der Waals surface area contributed by atoms with Crippen LogP contribution in [0.4, 0.5) is 5.69 Å². The Kier molecular flexibility index (Phi) is 6.14. The number of fused-ring (bicyclic) bond motifs is 1. The third-order valence-corrected chi connectivity index (χ3v) is 3.20. The monoisotopic (exact) mass is 265 g/mol. The van der Waals surface area contributed by atoms with Crippen molar-refractivity contribution in [3.05, 3.63) is 29.8 Å². The minimum Gasteiger partial charge on any atom is -0.382 e. The van der Waals surface area contributed by atoms with E-state index in [0.29, 0.717) is 13.2 Å². The SMILES string of the molecule is COCCOCCCOC1CNc2ccccc2C1. The van der Waals surface area contributed by atoms with Crippen molar-refractivity contribution in [2.24, 2.45) is 0 Å². The number of benzene rings is 1. The number of hydrogen-bond donors (Lipinski definition) is 1. The average Bonchev–Trinajstić information content (AvgIpc) is 2.46. The minimum absolute atomic E-state index is 0.272. The molecule has 19 heavy (non-hydrogen) atoms. The maximum atomic E-state index is 5.87. The zero-order valence-electron chi connectivity index (χ0n) is 11.6. The lowest BCUT2D eigenvalue weighted by atomic mass is 10.0. The summed E-state index contributed by atoms with van der Waals surface area (Å²) < 4.78 is 16.2. The van der Waals surface area contributed by atoms with E-state index in [1.807, 2.05) is 0 Å². The van der Waals surface area contributed by atoms with Crippen LogP contribution >= 0.6 is 0 Å². The molecule has 0 aromatic heterocycles. The van der Waals surface area contributed by atoms with Gasteiger partial charge in [0, 0.05) is 39.0 Å². The Balaban J connectivity index is 1.58. The first-order chi connectivity index (χ1) is 9.40. The third-order valence-electron chi connectivity index (χ3n) is 3.20. The highest BCUT2D eigenvalue weighted by molar-refractivity contribution is 5.53. The van der Waals surface area contributed by atoms with E-state index in [4.69, 9.17) is 14.2 Å². The highest BCUT2D eigenvalue weighted by Gasteiger charge is 2.17. The second-order valence-electron chi connectivity index (χ2n) is 4.69. The molecule has 1 unspecified atom stereocenters. The van der Waals surface area contributed by atoms with Crippen LogP contribution in [0.3, 0.4) is 0 Å². The first kappa shape index (κ1) is 14.3. The van der Waals surface area contributed by atoms with Gasteiger partial charge in [0.15, 0.2) is 0 Å². The van der Waals surface area contributed by atoms with Crippen molar-refractivity contribution in [3.63, 3.8) is 0 Å². The molecule has 0 saturated carbocycles. The number of anilines is 1. The number of ether oxygens (including phenoxy) is 3. The molecular formula is C15H23NO3. The molecule has 0 saturated heterocycles. The molecule has 0 bridgehead atoms. The molecule has 1 atom stereocenters. The Morgan fingerprint density at radius 1 is 1.16 bits per heavy atom. The minimum atomic E-state index is 0.272. The highest BCUT2D eigenvalue weighted by atomic mass is 16.5. The molecule has 1 aromatic rings. The van der Waals surface area contributed by atoms with Gasteiger partial charge < -0.3 is 19.5 Å². The highest BCUT2D eigenvalue weighted by Crippen LogP contribution is 2.22. The van der Waals surface area contributed by atoms with Gasteiger partial charge in [-0.05, 0) is 18.1 Å². The first-order valence-electron chi connectivity index (χ1n) is 6.90. The number of rotatable bonds is 8. The molecule has 4 heteroatoms. The molecule has 0 amide bonds. The van der Waals surface area contributed by atoms with Gasteiger partial charge in [0.1, 0.15) is 0 Å². The molecule has 1 N–H and O–H groups in total. The lowest BCUT2D eigenvalue weighted by Gasteiger charge is -2.26. The standard InChI is InChI=1S/C15H23NO3/c1-17-9-10-18-7-4-8-19-14-11-13-5-2-3-6-15(13)16-12-14/h2-3,5-6,14,16H,4,7-12H2,1H3. The fraction of sp³-hybridized carbons (Fsp3) is 0.600. The van der Waals surface area contributed by atoms with E-state index in [1.54, 1.807) is 7.11 Å². The lowest BCUT2D eigenvalue weighted by Crippen LogP contribution is -2.30. The lowest BCUT2D eigenvalue weighted by molar-refractivity contribution is 0.0275. The van der Waals surface area contributed by atoms with E-state index in [2.05, 4.69) is 29.6 Å². The fourth-order valence-electron chi connectivity index (χ4n) is 2.19. The normalized spacial score (nSPS) is 17.8. The zero-order chi connectivity index (χ0) is 13.3. The maximum Gasteiger partial charge on any atom is 0.0788 e. The van der Waals surface area contributed by atoms with Crippen molar-refractivity contribution < 1.29 is 14.2 Å². The number of hydrogen-bond acceptors (Lipinski definition) is 4. The van der Waals surface area contributed by atoms with Crippen molar-refractivity contribution in [2.45, 2.75) is 18.9 Å². The van der Waals surface area contributed by atoms with Crippen LogP contribution in [-0.2, 0) is 20.6 Å². The summed E-state index contributed by atoms with van der Waals surface area (Å²) >= 11 is 0. The largest absolute Gasteiger partial charge is 0.382 e. The van der Waals surface area contributed by atoms with Crippen LogP contribution in [0, 0.1) is 0 Å². The van der Waals surface area contributed by atoms with E-state index in [9.17, 15) is 0 Å². The van der Waals surface area contributed by atoms with Crippen molar-refractivity contribution in [1.29, 1.82) is 0 Å². The predicted molar refractivity (Wildman–Crippen MR) is 75.7 cm³/mol. The van der Waals surface area contributed by atoms with Crippen molar-refractivity contribution in [3.8, 4) is 0 Å². The molecule has 0 aliphatic carbocycles. The fourth-order valence-corrected chi connectivity index (χ4v) is 2.19. The molecule has 4 nitrogen and oxygen atoms in total. The van der Waals surface area contributed by atoms with Crippen LogP contribution in [0.5, 0.6) is 0 Å². The van der Waals surface area contributed by atoms with Crippen molar-refractivity contribution in [1.82, 2.24) is 0 Å². The molecule has 1 aromatic carbocycles. The quantitative estimate of drug-likeness (QED) is 0.731. The topological polar surface area (TPSA) is 39.7 Å². The van der Waals surface area contributed by atoms with E-state index in [-0.39, 0.29) is 6.10 Å². The number of para-hydroxylation sites is 1. The predicted octanol–water partition coefficient (Wildman–Crippen LogP) is 2.09. The number of nitrogens with one attached hydrogen (secondary N) is 1. The van der Waals surface area contributed by atoms with E-state index in [0.717, 1.165) is 32.6 Å². The van der Waals surface area contributed by atoms with Crippen LogP contribution in [0.2, 0.25) is 0 Å². The Hall–Kier alpha value is -1.10. The van der Waals surface area contributed by atoms with Crippen LogP contribution < -0.4 is 5.32 Å². The van der Waals surface area contributed by atoms with Gasteiger partial charge in [0.2, 0.25) is 0 Å². The molecule has 106 valence electrons. The van der Waals surface area contributed by atoms with Gasteiger partial charge in [-0.25, -0.2) is 0 Å². The first-order valence-corrected chi connectivity index (χ1v) is 6.90. The van der Waals surface area contributed by atoms with Crippen LogP contribution in [0.1, 0.15) is 12.0 Å². The summed E-state index contributed by atoms with van der Waals surface area (Å²) in [4.78, 5) is 0. The average molecular weight is 265 g/mol. The molecular weight excluding hydrogens is 242 g/mol. The van der Waals surface area contributed by atoms with E-state index in [1.165, 1.54) is 11.3 Å². The maximum absolute atomic E-state index is 5.87. The van der Waals surface area contributed by atoms with Gasteiger partial charge >= 0.3 is 0 Å². The van der Waals surface area contributed by atoms with E-state index < -0.39 is 0 Å². The number of methoxy groups -OCH3 is 1. The Morgan fingerprint density at radius 2 is 2.05 bits per heavy atom. The van der Waals surface area contributed by atoms with Gasteiger partial charge in [-0.2, -0.15) is 0 Å². The van der Waals surface area contributed by atoms with E-state index >= 15 is 0 Å². The van der Waals surface area contributed by atoms with Crippen molar-refractivity contribution in [2.75, 3.05) is 45.4 Å². The van der Waals surface area contributed by atoms with Gasteiger partial charge in [0.05, 0.1) is 19.3 Å². The third kappa shape index (κ3) is 4.82. The molecule has 0 spiro atoms. The van der Waals surface area contributed by atoms with Crippen LogP contribution in [0.15, 0.2) is 24.3 Å². The molecule has 2 rings (SSSR count). The second kappa shape index (κ2) is 8.15. The molecule has 1 aliphatic rings. The molecule has 0 radical (unpaired) electrons. The van der Waals surface area contributed by atoms with Gasteiger partial charge in [-0.15, -0.1) is 0 Å². The smallest absolute Gasteiger partial charge is 0.0788 e. The summed E-state index contributed by atoms with van der Waals surface area (Å²) in [5, 5.41) is 3.41. The Labute approximate surface area is 115 Å². The summed E-state index contributed by atoms with van der Waals surface area (Å²) in [6.45, 7) is 3.70. The Bertz CT molecular complexity index is 370. The molecule has 1 aliphatic heterocycles. The van der Waals surface area contributed by atoms with Gasteiger partial charge in [0.25, 0.3) is 0 Å². The summed E-state index contributed by atoms with van der Waals surface area (Å²) in [5.41, 5.74) is 2.58. The molecule has 0 fully saturated rings. The summed E-state index contributed by atoms with van der Waals surface area (Å²) in [6.07, 6.45) is 2.20.